The van der Waals surface area contributed by atoms with E-state index in [0.29, 0.717) is 18.5 Å². The summed E-state index contributed by atoms with van der Waals surface area (Å²) in [5.41, 5.74) is 0.503. The number of sulfone groups is 1. The second kappa shape index (κ2) is 8.84. The second-order valence-electron chi connectivity index (χ2n) is 6.27. The van der Waals surface area contributed by atoms with E-state index in [2.05, 4.69) is 0 Å². The molecule has 27 heavy (non-hydrogen) atoms. The maximum absolute atomic E-state index is 13.1. The van der Waals surface area contributed by atoms with Crippen molar-refractivity contribution in [2.75, 3.05) is 18.1 Å². The number of hydrogen-bond donors (Lipinski definition) is 0. The summed E-state index contributed by atoms with van der Waals surface area (Å²) in [4.78, 5) is 25.9. The minimum absolute atomic E-state index is 0.0541. The molecule has 0 spiro atoms. The number of benzene rings is 1. The average Bonchev–Trinajstić information content (AvgIpc) is 2.96. The largest absolute Gasteiger partial charge is 0.449 e. The van der Waals surface area contributed by atoms with Gasteiger partial charge in [0.05, 0.1) is 16.5 Å². The van der Waals surface area contributed by atoms with Gasteiger partial charge in [-0.05, 0) is 44.0 Å². The van der Waals surface area contributed by atoms with E-state index in [9.17, 15) is 22.4 Å². The molecule has 6 nitrogen and oxygen atoms in total. The van der Waals surface area contributed by atoms with Crippen LogP contribution in [0.5, 0.6) is 0 Å². The highest BCUT2D eigenvalue weighted by molar-refractivity contribution is 7.91. The van der Waals surface area contributed by atoms with Crippen molar-refractivity contribution in [1.82, 2.24) is 4.90 Å². The highest BCUT2D eigenvalue weighted by atomic mass is 35.5. The predicted molar refractivity (Wildman–Crippen MR) is 100 cm³/mol. The molecule has 9 heteroatoms. The van der Waals surface area contributed by atoms with Crippen LogP contribution in [0.4, 0.5) is 4.39 Å². The molecule has 1 amide bonds. The fourth-order valence-electron chi connectivity index (χ4n) is 2.89. The highest BCUT2D eigenvalue weighted by Crippen LogP contribution is 2.19. The Kier molecular flexibility index (Phi) is 7.00. The summed E-state index contributed by atoms with van der Waals surface area (Å²) in [5.74, 6) is -1.77. The molecule has 2 rings (SSSR count). The molecule has 1 saturated heterocycles. The number of amides is 1. The Hall–Kier alpha value is -1.93. The number of likely N-dealkylation sites (N-methyl/N-ethyl adjacent to an activating group) is 1. The van der Waals surface area contributed by atoms with Gasteiger partial charge < -0.3 is 9.64 Å². The molecule has 1 aromatic carbocycles. The van der Waals surface area contributed by atoms with Crippen LogP contribution in [0.25, 0.3) is 6.08 Å². The van der Waals surface area contributed by atoms with Crippen molar-refractivity contribution in [1.29, 1.82) is 0 Å². The van der Waals surface area contributed by atoms with Gasteiger partial charge in [-0.2, -0.15) is 0 Å². The monoisotopic (exact) mass is 417 g/mol. The van der Waals surface area contributed by atoms with Gasteiger partial charge >= 0.3 is 5.97 Å². The fourth-order valence-corrected chi connectivity index (χ4v) is 4.81. The summed E-state index contributed by atoms with van der Waals surface area (Å²) in [5, 5.41) is -0.0702. The summed E-state index contributed by atoms with van der Waals surface area (Å²) in [7, 11) is -3.13. The fraction of sp³-hybridized carbons (Fsp3) is 0.444. The Morgan fingerprint density at radius 1 is 1.44 bits per heavy atom. The topological polar surface area (TPSA) is 80.8 Å². The summed E-state index contributed by atoms with van der Waals surface area (Å²) in [6.07, 6.45) is 1.84. The van der Waals surface area contributed by atoms with Crippen LogP contribution in [-0.4, -0.2) is 55.4 Å². The molecule has 0 radical (unpaired) electrons. The van der Waals surface area contributed by atoms with E-state index in [4.69, 9.17) is 16.3 Å². The van der Waals surface area contributed by atoms with Crippen LogP contribution in [0.15, 0.2) is 24.3 Å². The average molecular weight is 418 g/mol. The lowest BCUT2D eigenvalue weighted by Gasteiger charge is -2.29. The third kappa shape index (κ3) is 5.77. The van der Waals surface area contributed by atoms with Crippen molar-refractivity contribution in [3.63, 3.8) is 0 Å². The molecule has 1 aromatic rings. The van der Waals surface area contributed by atoms with E-state index in [-0.39, 0.29) is 16.5 Å². The zero-order valence-corrected chi connectivity index (χ0v) is 16.6. The van der Waals surface area contributed by atoms with Crippen LogP contribution in [0, 0.1) is 5.82 Å². The second-order valence-corrected chi connectivity index (χ2v) is 8.90. The maximum atomic E-state index is 13.1. The molecule has 1 heterocycles. The molecular weight excluding hydrogens is 397 g/mol. The first-order valence-corrected chi connectivity index (χ1v) is 10.7. The van der Waals surface area contributed by atoms with Gasteiger partial charge in [0.2, 0.25) is 0 Å². The lowest BCUT2D eigenvalue weighted by molar-refractivity contribution is -0.156. The number of ether oxygens (including phenoxy) is 1. The van der Waals surface area contributed by atoms with Crippen LogP contribution in [0.2, 0.25) is 5.02 Å². The highest BCUT2D eigenvalue weighted by Gasteiger charge is 2.36. The van der Waals surface area contributed by atoms with Crippen molar-refractivity contribution in [2.24, 2.45) is 0 Å². The number of esters is 1. The van der Waals surface area contributed by atoms with Crippen LogP contribution >= 0.6 is 11.6 Å². The Morgan fingerprint density at radius 2 is 2.15 bits per heavy atom. The number of rotatable bonds is 6. The van der Waals surface area contributed by atoms with E-state index in [1.54, 1.807) is 6.92 Å². The van der Waals surface area contributed by atoms with E-state index >= 15 is 0 Å². The first kappa shape index (κ1) is 21.4. The van der Waals surface area contributed by atoms with Crippen LogP contribution in [0.1, 0.15) is 25.8 Å². The van der Waals surface area contributed by atoms with Crippen molar-refractivity contribution in [3.8, 4) is 0 Å². The minimum atomic E-state index is -3.13. The van der Waals surface area contributed by atoms with Gasteiger partial charge in [-0.15, -0.1) is 0 Å². The minimum Gasteiger partial charge on any atom is -0.449 e. The molecular formula is C18H21ClFNO5S. The van der Waals surface area contributed by atoms with Crippen LogP contribution < -0.4 is 0 Å². The maximum Gasteiger partial charge on any atom is 0.331 e. The zero-order chi connectivity index (χ0) is 20.2. The zero-order valence-electron chi connectivity index (χ0n) is 15.0. The lowest BCUT2D eigenvalue weighted by atomic mass is 10.2. The van der Waals surface area contributed by atoms with Crippen molar-refractivity contribution in [2.45, 2.75) is 32.4 Å². The summed E-state index contributed by atoms with van der Waals surface area (Å²) >= 11 is 5.67. The van der Waals surface area contributed by atoms with Gasteiger partial charge in [0.15, 0.2) is 15.9 Å². The normalized spacial score (nSPS) is 19.8. The third-order valence-electron chi connectivity index (χ3n) is 4.27. The number of hydrogen-bond acceptors (Lipinski definition) is 5. The molecule has 148 valence electrons. The molecule has 1 fully saturated rings. The van der Waals surface area contributed by atoms with Gasteiger partial charge in [0.25, 0.3) is 5.91 Å². The summed E-state index contributed by atoms with van der Waals surface area (Å²) in [6.45, 7) is 3.51. The SMILES string of the molecule is CCN(C(=O)[C@H](C)OC(=O)/C=C/c1ccc(F)c(Cl)c1)[C@H]1CCS(=O)(=O)C1. The van der Waals surface area contributed by atoms with Gasteiger partial charge in [0.1, 0.15) is 5.82 Å². The standard InChI is InChI=1S/C18H21ClFNO5S/c1-3-21(14-8-9-27(24,25)11-14)18(23)12(2)26-17(22)7-5-13-4-6-16(20)15(19)10-13/h4-7,10,12,14H,3,8-9,11H2,1-2H3/b7-5+/t12-,14-/m0/s1. The molecule has 1 aliphatic rings. The summed E-state index contributed by atoms with van der Waals surface area (Å²) < 4.78 is 41.5. The van der Waals surface area contributed by atoms with E-state index in [1.165, 1.54) is 36.1 Å². The van der Waals surface area contributed by atoms with Crippen molar-refractivity contribution < 1.29 is 27.1 Å². The Labute approximate surface area is 162 Å². The van der Waals surface area contributed by atoms with Gasteiger partial charge in [-0.1, -0.05) is 17.7 Å². The first-order valence-electron chi connectivity index (χ1n) is 8.47. The molecule has 0 unspecified atom stereocenters. The summed E-state index contributed by atoms with van der Waals surface area (Å²) in [6, 6.07) is 3.58. The molecule has 2 atom stereocenters. The van der Waals surface area contributed by atoms with E-state index < -0.39 is 39.7 Å². The predicted octanol–water partition coefficient (Wildman–Crippen LogP) is 2.46. The van der Waals surface area contributed by atoms with Crippen molar-refractivity contribution in [3.05, 3.63) is 40.7 Å². The van der Waals surface area contributed by atoms with Crippen molar-refractivity contribution >= 4 is 39.4 Å². The van der Waals surface area contributed by atoms with Gasteiger partial charge in [0, 0.05) is 18.7 Å². The number of nitrogens with zero attached hydrogens (tertiary/aromatic N) is 1. The van der Waals surface area contributed by atoms with E-state index in [0.717, 1.165) is 6.08 Å². The Balaban J connectivity index is 1.96. The molecule has 0 aromatic heterocycles. The van der Waals surface area contributed by atoms with Crippen LogP contribution in [-0.2, 0) is 24.2 Å². The first-order chi connectivity index (χ1) is 12.6. The van der Waals surface area contributed by atoms with Gasteiger partial charge in [-0.3, -0.25) is 4.79 Å². The smallest absolute Gasteiger partial charge is 0.331 e. The number of carbonyl (C=O) groups excluding carboxylic acids is 2. The molecule has 1 aliphatic heterocycles. The number of halogens is 2. The Morgan fingerprint density at radius 3 is 2.70 bits per heavy atom. The quantitative estimate of drug-likeness (QED) is 0.524. The molecule has 0 saturated carbocycles. The van der Waals surface area contributed by atoms with Gasteiger partial charge in [-0.25, -0.2) is 17.6 Å². The molecule has 0 bridgehead atoms. The lowest BCUT2D eigenvalue weighted by Crippen LogP contribution is -2.46. The Bertz CT molecular complexity index is 855. The molecule has 0 aliphatic carbocycles. The third-order valence-corrected chi connectivity index (χ3v) is 6.31. The number of carbonyl (C=O) groups is 2. The van der Waals surface area contributed by atoms with E-state index in [1.807, 2.05) is 0 Å². The molecule has 0 N–H and O–H groups in total. The van der Waals surface area contributed by atoms with Crippen LogP contribution in [0.3, 0.4) is 0 Å².